The molecule has 0 saturated heterocycles. The summed E-state index contributed by atoms with van der Waals surface area (Å²) in [5.41, 5.74) is 1.65. The summed E-state index contributed by atoms with van der Waals surface area (Å²) >= 11 is 0. The Labute approximate surface area is 103 Å². The molecule has 0 spiro atoms. The van der Waals surface area contributed by atoms with E-state index in [9.17, 15) is 4.79 Å². The summed E-state index contributed by atoms with van der Waals surface area (Å²) in [5, 5.41) is 0. The summed E-state index contributed by atoms with van der Waals surface area (Å²) in [5.74, 6) is 0.384. The Bertz CT molecular complexity index is 402. The van der Waals surface area contributed by atoms with Gasteiger partial charge in [-0.3, -0.25) is 0 Å². The van der Waals surface area contributed by atoms with Gasteiger partial charge in [0.15, 0.2) is 6.61 Å². The fourth-order valence-electron chi connectivity index (χ4n) is 1.37. The van der Waals surface area contributed by atoms with Crippen LogP contribution in [0.3, 0.4) is 0 Å². The van der Waals surface area contributed by atoms with Crippen molar-refractivity contribution in [1.29, 1.82) is 0 Å². The van der Waals surface area contributed by atoms with Crippen LogP contribution in [0.5, 0.6) is 5.75 Å². The first-order valence-corrected chi connectivity index (χ1v) is 5.70. The second-order valence-corrected chi connectivity index (χ2v) is 5.14. The average molecular weight is 236 g/mol. The second-order valence-electron chi connectivity index (χ2n) is 5.14. The summed E-state index contributed by atoms with van der Waals surface area (Å²) in [7, 11) is 0. The molecule has 0 aliphatic carbocycles. The molecular weight excluding hydrogens is 216 g/mol. The van der Waals surface area contributed by atoms with Crippen LogP contribution in [0.15, 0.2) is 18.2 Å². The maximum absolute atomic E-state index is 11.5. The number of benzene rings is 1. The van der Waals surface area contributed by atoms with Gasteiger partial charge in [0.05, 0.1) is 0 Å². The van der Waals surface area contributed by atoms with Crippen molar-refractivity contribution in [1.82, 2.24) is 0 Å². The molecule has 1 rings (SSSR count). The fourth-order valence-corrected chi connectivity index (χ4v) is 1.37. The molecule has 0 saturated carbocycles. The first kappa shape index (κ1) is 13.6. The standard InChI is InChI=1S/C14H20O3/c1-10-6-7-11(2)12(8-10)16-9-13(15)17-14(3,4)5/h6-8H,9H2,1-5H3. The molecule has 94 valence electrons. The van der Waals surface area contributed by atoms with Crippen LogP contribution >= 0.6 is 0 Å². The second kappa shape index (κ2) is 5.21. The first-order valence-electron chi connectivity index (χ1n) is 5.70. The van der Waals surface area contributed by atoms with Crippen LogP contribution in [-0.2, 0) is 9.53 Å². The van der Waals surface area contributed by atoms with Gasteiger partial charge < -0.3 is 9.47 Å². The highest BCUT2D eigenvalue weighted by molar-refractivity contribution is 5.71. The largest absolute Gasteiger partial charge is 0.482 e. The van der Waals surface area contributed by atoms with Gasteiger partial charge in [-0.05, 0) is 51.8 Å². The number of aryl methyl sites for hydroxylation is 2. The predicted molar refractivity (Wildman–Crippen MR) is 67.3 cm³/mol. The van der Waals surface area contributed by atoms with Gasteiger partial charge in [0.2, 0.25) is 0 Å². The SMILES string of the molecule is Cc1ccc(C)c(OCC(=O)OC(C)(C)C)c1. The third kappa shape index (κ3) is 4.89. The molecule has 0 unspecified atom stereocenters. The molecular formula is C14H20O3. The molecule has 0 amide bonds. The summed E-state index contributed by atoms with van der Waals surface area (Å²) in [6.07, 6.45) is 0. The minimum Gasteiger partial charge on any atom is -0.482 e. The van der Waals surface area contributed by atoms with E-state index in [4.69, 9.17) is 9.47 Å². The van der Waals surface area contributed by atoms with Crippen LogP contribution in [0.2, 0.25) is 0 Å². The highest BCUT2D eigenvalue weighted by Crippen LogP contribution is 2.19. The molecule has 1 aromatic rings. The summed E-state index contributed by atoms with van der Waals surface area (Å²) in [4.78, 5) is 11.5. The lowest BCUT2D eigenvalue weighted by Crippen LogP contribution is -2.27. The van der Waals surface area contributed by atoms with E-state index in [0.717, 1.165) is 16.9 Å². The zero-order valence-corrected chi connectivity index (χ0v) is 11.2. The molecule has 0 aliphatic heterocycles. The highest BCUT2D eigenvalue weighted by atomic mass is 16.6. The number of hydrogen-bond donors (Lipinski definition) is 0. The monoisotopic (exact) mass is 236 g/mol. The van der Waals surface area contributed by atoms with Gasteiger partial charge in [0.1, 0.15) is 11.4 Å². The number of hydrogen-bond acceptors (Lipinski definition) is 3. The third-order valence-electron chi connectivity index (χ3n) is 2.11. The van der Waals surface area contributed by atoms with E-state index in [1.165, 1.54) is 0 Å². The molecule has 0 fully saturated rings. The maximum Gasteiger partial charge on any atom is 0.344 e. The Morgan fingerprint density at radius 2 is 1.88 bits per heavy atom. The van der Waals surface area contributed by atoms with Crippen molar-refractivity contribution in [2.24, 2.45) is 0 Å². The number of esters is 1. The molecule has 3 nitrogen and oxygen atoms in total. The predicted octanol–water partition coefficient (Wildman–Crippen LogP) is 3.02. The summed E-state index contributed by atoms with van der Waals surface area (Å²) < 4.78 is 10.6. The van der Waals surface area contributed by atoms with Crippen molar-refractivity contribution < 1.29 is 14.3 Å². The van der Waals surface area contributed by atoms with E-state index in [-0.39, 0.29) is 12.6 Å². The fraction of sp³-hybridized carbons (Fsp3) is 0.500. The Hall–Kier alpha value is -1.51. The zero-order valence-electron chi connectivity index (χ0n) is 11.2. The van der Waals surface area contributed by atoms with E-state index in [2.05, 4.69) is 0 Å². The molecule has 0 bridgehead atoms. The summed E-state index contributed by atoms with van der Waals surface area (Å²) in [6.45, 7) is 9.39. The molecule has 0 aromatic heterocycles. The molecule has 0 radical (unpaired) electrons. The molecule has 3 heteroatoms. The maximum atomic E-state index is 11.5. The lowest BCUT2D eigenvalue weighted by Gasteiger charge is -2.19. The van der Waals surface area contributed by atoms with Gasteiger partial charge in [-0.2, -0.15) is 0 Å². The van der Waals surface area contributed by atoms with Crippen molar-refractivity contribution in [3.8, 4) is 5.75 Å². The number of ether oxygens (including phenoxy) is 2. The number of carbonyl (C=O) groups is 1. The third-order valence-corrected chi connectivity index (χ3v) is 2.11. The van der Waals surface area contributed by atoms with Crippen molar-refractivity contribution >= 4 is 5.97 Å². The Kier molecular flexibility index (Phi) is 4.16. The average Bonchev–Trinajstić information content (AvgIpc) is 2.17. The van der Waals surface area contributed by atoms with Gasteiger partial charge >= 0.3 is 5.97 Å². The zero-order chi connectivity index (χ0) is 13.1. The van der Waals surface area contributed by atoms with Crippen molar-refractivity contribution in [2.45, 2.75) is 40.2 Å². The number of carbonyl (C=O) groups excluding carboxylic acids is 1. The Balaban J connectivity index is 2.56. The van der Waals surface area contributed by atoms with E-state index in [1.807, 2.05) is 52.8 Å². The normalized spacial score (nSPS) is 11.1. The van der Waals surface area contributed by atoms with E-state index in [1.54, 1.807) is 0 Å². The van der Waals surface area contributed by atoms with Crippen LogP contribution in [0.4, 0.5) is 0 Å². The minimum atomic E-state index is -0.470. The van der Waals surface area contributed by atoms with E-state index >= 15 is 0 Å². The van der Waals surface area contributed by atoms with Crippen LogP contribution < -0.4 is 4.74 Å². The Morgan fingerprint density at radius 1 is 1.24 bits per heavy atom. The molecule has 0 heterocycles. The molecule has 0 atom stereocenters. The Morgan fingerprint density at radius 3 is 2.47 bits per heavy atom. The minimum absolute atomic E-state index is 0.0540. The first-order chi connectivity index (χ1) is 7.78. The summed E-state index contributed by atoms with van der Waals surface area (Å²) in [6, 6.07) is 5.90. The van der Waals surface area contributed by atoms with Crippen LogP contribution in [0, 0.1) is 13.8 Å². The van der Waals surface area contributed by atoms with Crippen LogP contribution in [0.1, 0.15) is 31.9 Å². The van der Waals surface area contributed by atoms with Crippen molar-refractivity contribution in [2.75, 3.05) is 6.61 Å². The topological polar surface area (TPSA) is 35.5 Å². The van der Waals surface area contributed by atoms with Gasteiger partial charge in [0.25, 0.3) is 0 Å². The van der Waals surface area contributed by atoms with Crippen LogP contribution in [0.25, 0.3) is 0 Å². The lowest BCUT2D eigenvalue weighted by molar-refractivity contribution is -0.157. The van der Waals surface area contributed by atoms with Gasteiger partial charge in [-0.25, -0.2) is 4.79 Å². The van der Waals surface area contributed by atoms with Gasteiger partial charge in [-0.1, -0.05) is 12.1 Å². The molecule has 1 aromatic carbocycles. The van der Waals surface area contributed by atoms with Crippen molar-refractivity contribution in [3.63, 3.8) is 0 Å². The smallest absolute Gasteiger partial charge is 0.344 e. The van der Waals surface area contributed by atoms with Crippen LogP contribution in [-0.4, -0.2) is 18.2 Å². The highest BCUT2D eigenvalue weighted by Gasteiger charge is 2.16. The van der Waals surface area contributed by atoms with E-state index in [0.29, 0.717) is 0 Å². The number of rotatable bonds is 3. The van der Waals surface area contributed by atoms with Crippen molar-refractivity contribution in [3.05, 3.63) is 29.3 Å². The molecule has 0 N–H and O–H groups in total. The van der Waals surface area contributed by atoms with Gasteiger partial charge in [-0.15, -0.1) is 0 Å². The van der Waals surface area contributed by atoms with Gasteiger partial charge in [0, 0.05) is 0 Å². The molecule has 17 heavy (non-hydrogen) atoms. The molecule has 0 aliphatic rings. The van der Waals surface area contributed by atoms with E-state index < -0.39 is 5.60 Å². The quantitative estimate of drug-likeness (QED) is 0.757. The lowest BCUT2D eigenvalue weighted by atomic mass is 10.1.